The van der Waals surface area contributed by atoms with E-state index in [1.165, 1.54) is 32.1 Å². The Kier molecular flexibility index (Phi) is 6.50. The molecule has 0 spiro atoms. The Balaban J connectivity index is 2.60. The summed E-state index contributed by atoms with van der Waals surface area (Å²) in [6.45, 7) is 12.7. The minimum atomic E-state index is 0.604. The van der Waals surface area contributed by atoms with E-state index in [4.69, 9.17) is 0 Å². The van der Waals surface area contributed by atoms with E-state index in [2.05, 4.69) is 44.8 Å². The van der Waals surface area contributed by atoms with Gasteiger partial charge in [-0.05, 0) is 32.6 Å². The SMILES string of the molecule is CCCC(CNC(C)C)N1C(C)CCC1CC. The molecule has 1 heterocycles. The summed E-state index contributed by atoms with van der Waals surface area (Å²) in [4.78, 5) is 2.80. The fourth-order valence-corrected chi connectivity index (χ4v) is 3.23. The lowest BCUT2D eigenvalue weighted by Gasteiger charge is -2.36. The lowest BCUT2D eigenvalue weighted by Crippen LogP contribution is -2.48. The number of hydrogen-bond acceptors (Lipinski definition) is 2. The molecule has 1 saturated heterocycles. The van der Waals surface area contributed by atoms with Crippen LogP contribution in [0.5, 0.6) is 0 Å². The first-order chi connectivity index (χ1) is 8.10. The van der Waals surface area contributed by atoms with E-state index in [0.717, 1.165) is 24.7 Å². The summed E-state index contributed by atoms with van der Waals surface area (Å²) < 4.78 is 0. The first-order valence-electron chi connectivity index (χ1n) is 7.60. The number of nitrogens with zero attached hydrogens (tertiary/aromatic N) is 1. The van der Waals surface area contributed by atoms with Gasteiger partial charge in [-0.25, -0.2) is 0 Å². The zero-order valence-electron chi connectivity index (χ0n) is 12.5. The third-order valence-electron chi connectivity index (χ3n) is 4.12. The summed E-state index contributed by atoms with van der Waals surface area (Å²) >= 11 is 0. The van der Waals surface area contributed by atoms with Crippen molar-refractivity contribution in [2.75, 3.05) is 6.54 Å². The number of hydrogen-bond donors (Lipinski definition) is 1. The predicted molar refractivity (Wildman–Crippen MR) is 76.4 cm³/mol. The predicted octanol–water partition coefficient (Wildman–Crippen LogP) is 3.42. The maximum absolute atomic E-state index is 3.63. The zero-order valence-corrected chi connectivity index (χ0v) is 12.5. The number of rotatable bonds is 7. The van der Waals surface area contributed by atoms with Crippen LogP contribution in [0.15, 0.2) is 0 Å². The smallest absolute Gasteiger partial charge is 0.0226 e. The lowest BCUT2D eigenvalue weighted by molar-refractivity contribution is 0.121. The molecule has 1 fully saturated rings. The van der Waals surface area contributed by atoms with Gasteiger partial charge in [0.05, 0.1) is 0 Å². The average molecular weight is 240 g/mol. The molecule has 1 aliphatic rings. The average Bonchev–Trinajstić information content (AvgIpc) is 2.65. The third-order valence-corrected chi connectivity index (χ3v) is 4.12. The highest BCUT2D eigenvalue weighted by Gasteiger charge is 2.33. The Hall–Kier alpha value is -0.0800. The van der Waals surface area contributed by atoms with Crippen molar-refractivity contribution < 1.29 is 0 Å². The molecule has 3 atom stereocenters. The van der Waals surface area contributed by atoms with E-state index in [9.17, 15) is 0 Å². The Morgan fingerprint density at radius 1 is 1.24 bits per heavy atom. The summed E-state index contributed by atoms with van der Waals surface area (Å²) in [7, 11) is 0. The molecule has 17 heavy (non-hydrogen) atoms. The van der Waals surface area contributed by atoms with Crippen LogP contribution in [-0.4, -0.2) is 35.6 Å². The quantitative estimate of drug-likeness (QED) is 0.733. The van der Waals surface area contributed by atoms with Crippen LogP contribution in [0.25, 0.3) is 0 Å². The van der Waals surface area contributed by atoms with Crippen LogP contribution in [-0.2, 0) is 0 Å². The van der Waals surface area contributed by atoms with Crippen LogP contribution in [0.1, 0.15) is 66.7 Å². The summed E-state index contributed by atoms with van der Waals surface area (Å²) in [5.41, 5.74) is 0. The minimum Gasteiger partial charge on any atom is -0.313 e. The maximum atomic E-state index is 3.63. The zero-order chi connectivity index (χ0) is 12.8. The molecule has 0 saturated carbocycles. The van der Waals surface area contributed by atoms with Crippen molar-refractivity contribution in [3.05, 3.63) is 0 Å². The highest BCUT2D eigenvalue weighted by molar-refractivity contribution is 4.90. The van der Waals surface area contributed by atoms with Crippen LogP contribution in [0.3, 0.4) is 0 Å². The lowest BCUT2D eigenvalue weighted by atomic mass is 10.1. The van der Waals surface area contributed by atoms with Gasteiger partial charge in [0.2, 0.25) is 0 Å². The molecule has 0 amide bonds. The van der Waals surface area contributed by atoms with Gasteiger partial charge in [0, 0.05) is 30.7 Å². The van der Waals surface area contributed by atoms with Crippen LogP contribution in [0.2, 0.25) is 0 Å². The Morgan fingerprint density at radius 2 is 1.94 bits per heavy atom. The molecule has 1 rings (SSSR count). The highest BCUT2D eigenvalue weighted by Crippen LogP contribution is 2.29. The largest absolute Gasteiger partial charge is 0.313 e. The molecule has 102 valence electrons. The molecule has 1 N–H and O–H groups in total. The van der Waals surface area contributed by atoms with Gasteiger partial charge in [-0.1, -0.05) is 34.1 Å². The molecule has 2 nitrogen and oxygen atoms in total. The summed E-state index contributed by atoms with van der Waals surface area (Å²) in [6, 6.07) is 2.96. The minimum absolute atomic E-state index is 0.604. The molecule has 0 bridgehead atoms. The van der Waals surface area contributed by atoms with Gasteiger partial charge < -0.3 is 5.32 Å². The fraction of sp³-hybridized carbons (Fsp3) is 1.00. The molecule has 0 aromatic rings. The van der Waals surface area contributed by atoms with Crippen molar-refractivity contribution >= 4 is 0 Å². The second kappa shape index (κ2) is 7.38. The second-order valence-corrected chi connectivity index (χ2v) is 5.94. The molecular weight excluding hydrogens is 208 g/mol. The number of nitrogens with one attached hydrogen (secondary N) is 1. The molecule has 0 aromatic carbocycles. The van der Waals surface area contributed by atoms with Crippen molar-refractivity contribution in [2.24, 2.45) is 0 Å². The highest BCUT2D eigenvalue weighted by atomic mass is 15.2. The Labute approximate surface area is 108 Å². The van der Waals surface area contributed by atoms with Crippen LogP contribution in [0.4, 0.5) is 0 Å². The molecule has 3 unspecified atom stereocenters. The van der Waals surface area contributed by atoms with E-state index in [0.29, 0.717) is 6.04 Å². The van der Waals surface area contributed by atoms with Crippen LogP contribution in [0, 0.1) is 0 Å². The van der Waals surface area contributed by atoms with Crippen LogP contribution < -0.4 is 5.32 Å². The molecule has 0 aliphatic carbocycles. The van der Waals surface area contributed by atoms with Crippen molar-refractivity contribution in [1.82, 2.24) is 10.2 Å². The number of likely N-dealkylation sites (tertiary alicyclic amines) is 1. The topological polar surface area (TPSA) is 15.3 Å². The van der Waals surface area contributed by atoms with Gasteiger partial charge in [-0.3, -0.25) is 4.90 Å². The third kappa shape index (κ3) is 4.26. The Morgan fingerprint density at radius 3 is 2.47 bits per heavy atom. The van der Waals surface area contributed by atoms with E-state index in [1.54, 1.807) is 0 Å². The van der Waals surface area contributed by atoms with E-state index < -0.39 is 0 Å². The normalized spacial score (nSPS) is 27.9. The van der Waals surface area contributed by atoms with Gasteiger partial charge in [-0.2, -0.15) is 0 Å². The van der Waals surface area contributed by atoms with Gasteiger partial charge in [0.25, 0.3) is 0 Å². The molecule has 0 aromatic heterocycles. The van der Waals surface area contributed by atoms with Gasteiger partial charge >= 0.3 is 0 Å². The van der Waals surface area contributed by atoms with Gasteiger partial charge in [-0.15, -0.1) is 0 Å². The van der Waals surface area contributed by atoms with Gasteiger partial charge in [0.15, 0.2) is 0 Å². The van der Waals surface area contributed by atoms with Crippen molar-refractivity contribution in [3.8, 4) is 0 Å². The molecular formula is C15H32N2. The summed E-state index contributed by atoms with van der Waals surface area (Å²) in [5, 5.41) is 3.63. The van der Waals surface area contributed by atoms with Crippen molar-refractivity contribution in [1.29, 1.82) is 0 Å². The van der Waals surface area contributed by atoms with Gasteiger partial charge in [0.1, 0.15) is 0 Å². The van der Waals surface area contributed by atoms with E-state index in [-0.39, 0.29) is 0 Å². The summed E-state index contributed by atoms with van der Waals surface area (Å²) in [6.07, 6.45) is 6.73. The van der Waals surface area contributed by atoms with Crippen molar-refractivity contribution in [3.63, 3.8) is 0 Å². The monoisotopic (exact) mass is 240 g/mol. The standard InChI is InChI=1S/C15H32N2/c1-6-8-15(11-16-12(3)4)17-13(5)9-10-14(17)7-2/h12-16H,6-11H2,1-5H3. The van der Waals surface area contributed by atoms with Crippen molar-refractivity contribution in [2.45, 2.75) is 90.9 Å². The summed E-state index contributed by atoms with van der Waals surface area (Å²) in [5.74, 6) is 0. The second-order valence-electron chi connectivity index (χ2n) is 5.94. The molecule has 0 radical (unpaired) electrons. The first-order valence-corrected chi connectivity index (χ1v) is 7.60. The molecule has 2 heteroatoms. The first kappa shape index (κ1) is 15.0. The van der Waals surface area contributed by atoms with E-state index >= 15 is 0 Å². The van der Waals surface area contributed by atoms with E-state index in [1.807, 2.05) is 0 Å². The maximum Gasteiger partial charge on any atom is 0.0226 e. The van der Waals surface area contributed by atoms with Crippen LogP contribution >= 0.6 is 0 Å². The Bertz CT molecular complexity index is 203. The molecule has 1 aliphatic heterocycles. The fourth-order valence-electron chi connectivity index (χ4n) is 3.23.